The van der Waals surface area contributed by atoms with Crippen molar-refractivity contribution in [2.24, 2.45) is 0 Å². The molecule has 0 aliphatic heterocycles. The van der Waals surface area contributed by atoms with Crippen molar-refractivity contribution >= 4 is 44.2 Å². The molecule has 118 valence electrons. The highest BCUT2D eigenvalue weighted by atomic mass is 35.5. The zero-order valence-corrected chi connectivity index (χ0v) is 14.2. The maximum Gasteiger partial charge on any atom is 0.0722 e. The normalized spacial score (nSPS) is 11.4. The van der Waals surface area contributed by atoms with E-state index in [1.807, 2.05) is 24.3 Å². The third-order valence-electron chi connectivity index (χ3n) is 4.66. The van der Waals surface area contributed by atoms with E-state index in [0.717, 1.165) is 26.8 Å². The van der Waals surface area contributed by atoms with E-state index in [1.54, 1.807) is 0 Å². The Kier molecular flexibility index (Phi) is 3.22. The number of fused-ring (bicyclic) bond motifs is 3. The second-order valence-corrected chi connectivity index (χ2v) is 6.67. The molecule has 0 radical (unpaired) electrons. The predicted octanol–water partition coefficient (Wildman–Crippen LogP) is 6.86. The molecule has 0 unspecified atom stereocenters. The minimum atomic E-state index is 0.728. The Morgan fingerprint density at radius 2 is 1.28 bits per heavy atom. The Morgan fingerprint density at radius 3 is 2.08 bits per heavy atom. The average molecular weight is 340 g/mol. The standard InChI is InChI=1S/C23H14ClN/c24-18-10-11-21-20(14-18)23(15-6-2-1-3-7-15)19-12-16-8-4-5-9-17(16)13-22(19)25-21/h1-14H. The van der Waals surface area contributed by atoms with Gasteiger partial charge in [-0.2, -0.15) is 0 Å². The summed E-state index contributed by atoms with van der Waals surface area (Å²) in [5.41, 5.74) is 4.34. The van der Waals surface area contributed by atoms with E-state index in [1.165, 1.54) is 21.9 Å². The molecule has 4 aromatic carbocycles. The monoisotopic (exact) mass is 339 g/mol. The Bertz CT molecular complexity index is 1240. The van der Waals surface area contributed by atoms with Gasteiger partial charge >= 0.3 is 0 Å². The summed E-state index contributed by atoms with van der Waals surface area (Å²) in [7, 11) is 0. The van der Waals surface area contributed by atoms with Crippen LogP contribution in [-0.2, 0) is 0 Å². The summed E-state index contributed by atoms with van der Waals surface area (Å²) < 4.78 is 0. The fourth-order valence-electron chi connectivity index (χ4n) is 3.52. The average Bonchev–Trinajstić information content (AvgIpc) is 2.65. The van der Waals surface area contributed by atoms with E-state index in [0.29, 0.717) is 0 Å². The van der Waals surface area contributed by atoms with E-state index in [2.05, 4.69) is 60.7 Å². The van der Waals surface area contributed by atoms with Crippen LogP contribution in [0.15, 0.2) is 84.9 Å². The van der Waals surface area contributed by atoms with Gasteiger partial charge in [0, 0.05) is 21.4 Å². The lowest BCUT2D eigenvalue weighted by molar-refractivity contribution is 1.50. The number of aromatic nitrogens is 1. The Morgan fingerprint density at radius 1 is 0.600 bits per heavy atom. The maximum atomic E-state index is 6.30. The van der Waals surface area contributed by atoms with Crippen molar-refractivity contribution in [1.29, 1.82) is 0 Å². The lowest BCUT2D eigenvalue weighted by atomic mass is 9.94. The van der Waals surface area contributed by atoms with Crippen LogP contribution in [0.2, 0.25) is 5.02 Å². The lowest BCUT2D eigenvalue weighted by Gasteiger charge is -2.13. The molecule has 5 aromatic rings. The van der Waals surface area contributed by atoms with Gasteiger partial charge in [0.15, 0.2) is 0 Å². The second-order valence-electron chi connectivity index (χ2n) is 6.23. The van der Waals surface area contributed by atoms with Crippen molar-refractivity contribution in [2.45, 2.75) is 0 Å². The summed E-state index contributed by atoms with van der Waals surface area (Å²) in [5, 5.41) is 5.39. The van der Waals surface area contributed by atoms with Crippen LogP contribution in [0.3, 0.4) is 0 Å². The number of pyridine rings is 1. The van der Waals surface area contributed by atoms with Gasteiger partial charge in [0.1, 0.15) is 0 Å². The van der Waals surface area contributed by atoms with Crippen LogP contribution < -0.4 is 0 Å². The molecule has 1 nitrogen and oxygen atoms in total. The Labute approximate surface area is 150 Å². The van der Waals surface area contributed by atoms with Crippen molar-refractivity contribution < 1.29 is 0 Å². The summed E-state index contributed by atoms with van der Waals surface area (Å²) >= 11 is 6.30. The smallest absolute Gasteiger partial charge is 0.0722 e. The first kappa shape index (κ1) is 14.4. The highest BCUT2D eigenvalue weighted by Crippen LogP contribution is 2.37. The molecule has 0 N–H and O–H groups in total. The molecule has 0 saturated heterocycles. The molecule has 2 heteroatoms. The van der Waals surface area contributed by atoms with Gasteiger partial charge in [0.25, 0.3) is 0 Å². The van der Waals surface area contributed by atoms with Gasteiger partial charge in [0.2, 0.25) is 0 Å². The van der Waals surface area contributed by atoms with E-state index in [9.17, 15) is 0 Å². The fourth-order valence-corrected chi connectivity index (χ4v) is 3.69. The molecule has 0 amide bonds. The number of benzene rings is 4. The highest BCUT2D eigenvalue weighted by Gasteiger charge is 2.12. The van der Waals surface area contributed by atoms with Crippen LogP contribution >= 0.6 is 11.6 Å². The summed E-state index contributed by atoms with van der Waals surface area (Å²) in [6.07, 6.45) is 0. The molecule has 0 fully saturated rings. The molecule has 0 bridgehead atoms. The van der Waals surface area contributed by atoms with Gasteiger partial charge in [0.05, 0.1) is 11.0 Å². The molecule has 0 spiro atoms. The third-order valence-corrected chi connectivity index (χ3v) is 4.90. The summed E-state index contributed by atoms with van der Waals surface area (Å²) in [6.45, 7) is 0. The fraction of sp³-hybridized carbons (Fsp3) is 0. The largest absolute Gasteiger partial charge is 0.248 e. The number of halogens is 1. The molecule has 1 aromatic heterocycles. The van der Waals surface area contributed by atoms with Crippen LogP contribution in [0, 0.1) is 0 Å². The van der Waals surface area contributed by atoms with Gasteiger partial charge < -0.3 is 0 Å². The number of hydrogen-bond donors (Lipinski definition) is 0. The highest BCUT2D eigenvalue weighted by molar-refractivity contribution is 6.31. The molecular weight excluding hydrogens is 326 g/mol. The molecule has 25 heavy (non-hydrogen) atoms. The SMILES string of the molecule is Clc1ccc2nc3cc4ccccc4cc3c(-c3ccccc3)c2c1. The molecule has 5 rings (SSSR count). The van der Waals surface area contributed by atoms with Crippen LogP contribution in [0.5, 0.6) is 0 Å². The van der Waals surface area contributed by atoms with Gasteiger partial charge in [-0.05, 0) is 46.7 Å². The molecule has 0 aliphatic rings. The van der Waals surface area contributed by atoms with Crippen molar-refractivity contribution in [3.05, 3.63) is 90.0 Å². The van der Waals surface area contributed by atoms with Gasteiger partial charge in [-0.3, -0.25) is 0 Å². The number of rotatable bonds is 1. The van der Waals surface area contributed by atoms with Crippen molar-refractivity contribution in [3.63, 3.8) is 0 Å². The lowest BCUT2D eigenvalue weighted by Crippen LogP contribution is -1.90. The maximum absolute atomic E-state index is 6.30. The van der Waals surface area contributed by atoms with Gasteiger partial charge in [-0.15, -0.1) is 0 Å². The van der Waals surface area contributed by atoms with Crippen LogP contribution in [-0.4, -0.2) is 4.98 Å². The number of hydrogen-bond acceptors (Lipinski definition) is 1. The van der Waals surface area contributed by atoms with Crippen molar-refractivity contribution in [2.75, 3.05) is 0 Å². The Hall–Kier alpha value is -2.90. The zero-order chi connectivity index (χ0) is 16.8. The summed E-state index contributed by atoms with van der Waals surface area (Å²) in [4.78, 5) is 4.90. The molecular formula is C23H14ClN. The molecule has 1 heterocycles. The quantitative estimate of drug-likeness (QED) is 0.304. The van der Waals surface area contributed by atoms with Crippen LogP contribution in [0.4, 0.5) is 0 Å². The first-order valence-electron chi connectivity index (χ1n) is 8.27. The minimum absolute atomic E-state index is 0.728. The Balaban J connectivity index is 2.02. The summed E-state index contributed by atoms with van der Waals surface area (Å²) in [5.74, 6) is 0. The van der Waals surface area contributed by atoms with Crippen molar-refractivity contribution in [1.82, 2.24) is 4.98 Å². The van der Waals surface area contributed by atoms with Gasteiger partial charge in [-0.25, -0.2) is 4.98 Å². The van der Waals surface area contributed by atoms with E-state index in [-0.39, 0.29) is 0 Å². The summed E-state index contributed by atoms with van der Waals surface area (Å²) in [6, 6.07) is 29.2. The van der Waals surface area contributed by atoms with Gasteiger partial charge in [-0.1, -0.05) is 66.2 Å². The second kappa shape index (κ2) is 5.58. The number of nitrogens with zero attached hydrogens (tertiary/aromatic N) is 1. The van der Waals surface area contributed by atoms with Crippen LogP contribution in [0.25, 0.3) is 43.7 Å². The first-order valence-corrected chi connectivity index (χ1v) is 8.64. The molecule has 0 aliphatic carbocycles. The van der Waals surface area contributed by atoms with E-state index in [4.69, 9.17) is 16.6 Å². The zero-order valence-electron chi connectivity index (χ0n) is 13.4. The predicted molar refractivity (Wildman–Crippen MR) is 107 cm³/mol. The minimum Gasteiger partial charge on any atom is -0.248 e. The van der Waals surface area contributed by atoms with E-state index >= 15 is 0 Å². The topological polar surface area (TPSA) is 12.9 Å². The first-order chi connectivity index (χ1) is 12.3. The molecule has 0 atom stereocenters. The van der Waals surface area contributed by atoms with Crippen LogP contribution in [0.1, 0.15) is 0 Å². The van der Waals surface area contributed by atoms with E-state index < -0.39 is 0 Å². The molecule has 0 saturated carbocycles. The van der Waals surface area contributed by atoms with Crippen molar-refractivity contribution in [3.8, 4) is 11.1 Å². The third kappa shape index (κ3) is 2.36.